The second-order valence-corrected chi connectivity index (χ2v) is 6.74. The lowest BCUT2D eigenvalue weighted by Gasteiger charge is -2.25. The maximum atomic E-state index is 12.0. The predicted molar refractivity (Wildman–Crippen MR) is 87.0 cm³/mol. The van der Waals surface area contributed by atoms with Gasteiger partial charge in [0.2, 0.25) is 0 Å². The molecule has 1 atom stereocenters. The smallest absolute Gasteiger partial charge is 0.410 e. The van der Waals surface area contributed by atoms with Crippen LogP contribution < -0.4 is 5.32 Å². The van der Waals surface area contributed by atoms with E-state index in [0.29, 0.717) is 12.6 Å². The number of hydrogen-bond acceptors (Lipinski definition) is 4. The molecule has 1 N–H and O–H groups in total. The van der Waals surface area contributed by atoms with E-state index < -0.39 is 5.60 Å². The van der Waals surface area contributed by atoms with E-state index in [4.69, 9.17) is 9.47 Å². The molecule has 1 unspecified atom stereocenters. The Morgan fingerprint density at radius 1 is 1.45 bits per heavy atom. The van der Waals surface area contributed by atoms with Gasteiger partial charge in [-0.15, -0.1) is 0 Å². The number of rotatable bonds is 4. The van der Waals surface area contributed by atoms with Gasteiger partial charge in [0.25, 0.3) is 0 Å². The zero-order valence-electron chi connectivity index (χ0n) is 13.9. The van der Waals surface area contributed by atoms with Gasteiger partial charge in [0.1, 0.15) is 5.60 Å². The summed E-state index contributed by atoms with van der Waals surface area (Å²) in [6, 6.07) is 8.49. The number of ether oxygens (including phenoxy) is 2. The summed E-state index contributed by atoms with van der Waals surface area (Å²) in [4.78, 5) is 13.6. The Kier molecular flexibility index (Phi) is 5.29. The molecule has 0 bridgehead atoms. The van der Waals surface area contributed by atoms with E-state index in [2.05, 4.69) is 11.4 Å². The zero-order chi connectivity index (χ0) is 16.2. The van der Waals surface area contributed by atoms with Crippen LogP contribution in [0, 0.1) is 0 Å². The van der Waals surface area contributed by atoms with Crippen LogP contribution in [-0.4, -0.2) is 42.9 Å². The monoisotopic (exact) mass is 306 g/mol. The number of carbonyl (C=O) groups is 1. The molecule has 2 rings (SSSR count). The Balaban J connectivity index is 1.93. The van der Waals surface area contributed by atoms with Gasteiger partial charge in [-0.2, -0.15) is 0 Å². The van der Waals surface area contributed by atoms with E-state index in [1.807, 2.05) is 39.0 Å². The predicted octanol–water partition coefficient (Wildman–Crippen LogP) is 3.25. The van der Waals surface area contributed by atoms with Gasteiger partial charge in [0.15, 0.2) is 0 Å². The summed E-state index contributed by atoms with van der Waals surface area (Å²) < 4.78 is 10.7. The van der Waals surface area contributed by atoms with Crippen LogP contribution in [0.1, 0.15) is 32.8 Å². The molecular formula is C17H26N2O3. The summed E-state index contributed by atoms with van der Waals surface area (Å²) in [7, 11) is 1.75. The van der Waals surface area contributed by atoms with Crippen molar-refractivity contribution in [3.8, 4) is 0 Å². The SMILES string of the molecule is CN(Cc1cccc(NC2CCOC2)c1)C(=O)OC(C)(C)C. The minimum absolute atomic E-state index is 0.310. The first-order chi connectivity index (χ1) is 10.3. The molecule has 1 amide bonds. The minimum Gasteiger partial charge on any atom is -0.444 e. The highest BCUT2D eigenvalue weighted by Crippen LogP contribution is 2.17. The van der Waals surface area contributed by atoms with E-state index >= 15 is 0 Å². The van der Waals surface area contributed by atoms with E-state index in [1.165, 1.54) is 0 Å². The summed E-state index contributed by atoms with van der Waals surface area (Å²) in [5.74, 6) is 0. The molecule has 1 fully saturated rings. The fraction of sp³-hybridized carbons (Fsp3) is 0.588. The summed E-state index contributed by atoms with van der Waals surface area (Å²) >= 11 is 0. The van der Waals surface area contributed by atoms with Crippen LogP contribution in [0.25, 0.3) is 0 Å². The topological polar surface area (TPSA) is 50.8 Å². The number of benzene rings is 1. The second-order valence-electron chi connectivity index (χ2n) is 6.74. The lowest BCUT2D eigenvalue weighted by molar-refractivity contribution is 0.0285. The van der Waals surface area contributed by atoms with Gasteiger partial charge in [0.05, 0.1) is 12.6 Å². The molecule has 1 saturated heterocycles. The number of nitrogens with one attached hydrogen (secondary N) is 1. The molecule has 22 heavy (non-hydrogen) atoms. The lowest BCUT2D eigenvalue weighted by atomic mass is 10.1. The molecule has 1 aromatic carbocycles. The van der Waals surface area contributed by atoms with Crippen LogP contribution >= 0.6 is 0 Å². The van der Waals surface area contributed by atoms with Gasteiger partial charge in [-0.1, -0.05) is 12.1 Å². The molecule has 0 saturated carbocycles. The molecule has 1 aromatic rings. The maximum absolute atomic E-state index is 12.0. The fourth-order valence-electron chi connectivity index (χ4n) is 2.32. The first-order valence-electron chi connectivity index (χ1n) is 7.71. The third-order valence-electron chi connectivity index (χ3n) is 3.35. The van der Waals surface area contributed by atoms with Crippen LogP contribution in [0.4, 0.5) is 10.5 Å². The Morgan fingerprint density at radius 2 is 2.23 bits per heavy atom. The molecular weight excluding hydrogens is 280 g/mol. The molecule has 5 heteroatoms. The molecule has 0 aliphatic carbocycles. The van der Waals surface area contributed by atoms with E-state index in [-0.39, 0.29) is 6.09 Å². The van der Waals surface area contributed by atoms with Gasteiger partial charge in [-0.3, -0.25) is 0 Å². The van der Waals surface area contributed by atoms with Crippen LogP contribution in [0.3, 0.4) is 0 Å². The summed E-state index contributed by atoms with van der Waals surface area (Å²) in [6.07, 6.45) is 0.720. The van der Waals surface area contributed by atoms with E-state index in [0.717, 1.165) is 30.9 Å². The average Bonchev–Trinajstić information content (AvgIpc) is 2.90. The Hall–Kier alpha value is -1.75. The van der Waals surface area contributed by atoms with Crippen LogP contribution in [0.2, 0.25) is 0 Å². The average molecular weight is 306 g/mol. The van der Waals surface area contributed by atoms with Crippen LogP contribution in [-0.2, 0) is 16.0 Å². The number of nitrogens with zero attached hydrogens (tertiary/aromatic N) is 1. The van der Waals surface area contributed by atoms with Crippen molar-refractivity contribution in [1.82, 2.24) is 4.90 Å². The van der Waals surface area contributed by atoms with Gasteiger partial charge in [-0.25, -0.2) is 4.79 Å². The number of amides is 1. The zero-order valence-corrected chi connectivity index (χ0v) is 13.9. The Labute approximate surface area is 132 Å². The Bertz CT molecular complexity index is 505. The first-order valence-corrected chi connectivity index (χ1v) is 7.71. The lowest BCUT2D eigenvalue weighted by Crippen LogP contribution is -2.33. The molecule has 0 aromatic heterocycles. The third kappa shape index (κ3) is 5.22. The van der Waals surface area contributed by atoms with Gasteiger partial charge in [0, 0.05) is 25.9 Å². The van der Waals surface area contributed by atoms with Crippen LogP contribution in [0.15, 0.2) is 24.3 Å². The van der Waals surface area contributed by atoms with Crippen molar-refractivity contribution in [1.29, 1.82) is 0 Å². The summed E-state index contributed by atoms with van der Waals surface area (Å²) in [5, 5.41) is 3.46. The third-order valence-corrected chi connectivity index (χ3v) is 3.35. The van der Waals surface area contributed by atoms with Gasteiger partial charge in [-0.05, 0) is 44.9 Å². The molecule has 1 aliphatic rings. The van der Waals surface area contributed by atoms with Crippen molar-refractivity contribution in [2.75, 3.05) is 25.6 Å². The van der Waals surface area contributed by atoms with E-state index in [1.54, 1.807) is 11.9 Å². The van der Waals surface area contributed by atoms with Crippen molar-refractivity contribution >= 4 is 11.8 Å². The molecule has 0 radical (unpaired) electrons. The molecule has 5 nitrogen and oxygen atoms in total. The quantitative estimate of drug-likeness (QED) is 0.927. The standard InChI is InChI=1S/C17H26N2O3/c1-17(2,3)22-16(20)19(4)11-13-6-5-7-14(10-13)18-15-8-9-21-12-15/h5-7,10,15,18H,8-9,11-12H2,1-4H3. The van der Waals surface area contributed by atoms with Crippen molar-refractivity contribution in [2.45, 2.75) is 45.4 Å². The minimum atomic E-state index is -0.475. The molecule has 1 aliphatic heterocycles. The fourth-order valence-corrected chi connectivity index (χ4v) is 2.32. The van der Waals surface area contributed by atoms with Gasteiger partial charge < -0.3 is 19.7 Å². The highest BCUT2D eigenvalue weighted by Gasteiger charge is 2.20. The first kappa shape index (κ1) is 16.6. The normalized spacial score (nSPS) is 18.1. The second kappa shape index (κ2) is 7.01. The Morgan fingerprint density at radius 3 is 2.86 bits per heavy atom. The largest absolute Gasteiger partial charge is 0.444 e. The molecule has 122 valence electrons. The highest BCUT2D eigenvalue weighted by molar-refractivity contribution is 5.67. The molecule has 1 heterocycles. The van der Waals surface area contributed by atoms with Crippen molar-refractivity contribution < 1.29 is 14.3 Å². The van der Waals surface area contributed by atoms with Crippen LogP contribution in [0.5, 0.6) is 0 Å². The number of anilines is 1. The summed E-state index contributed by atoms with van der Waals surface area (Å²) in [5.41, 5.74) is 1.65. The number of carbonyl (C=O) groups excluding carboxylic acids is 1. The summed E-state index contributed by atoms with van der Waals surface area (Å²) in [6.45, 7) is 7.69. The van der Waals surface area contributed by atoms with Crippen molar-refractivity contribution in [2.24, 2.45) is 0 Å². The molecule has 0 spiro atoms. The number of hydrogen-bond donors (Lipinski definition) is 1. The van der Waals surface area contributed by atoms with Crippen molar-refractivity contribution in [3.05, 3.63) is 29.8 Å². The highest BCUT2D eigenvalue weighted by atomic mass is 16.6. The maximum Gasteiger partial charge on any atom is 0.410 e. The van der Waals surface area contributed by atoms with E-state index in [9.17, 15) is 4.79 Å². The van der Waals surface area contributed by atoms with Gasteiger partial charge >= 0.3 is 6.09 Å². The van der Waals surface area contributed by atoms with Crippen molar-refractivity contribution in [3.63, 3.8) is 0 Å².